The van der Waals surface area contributed by atoms with Gasteiger partial charge in [0.25, 0.3) is 0 Å². The maximum absolute atomic E-state index is 13.0. The zero-order valence-electron chi connectivity index (χ0n) is 14.5. The first-order valence-electron chi connectivity index (χ1n) is 8.97. The fraction of sp³-hybridized carbons (Fsp3) is 0.381. The van der Waals surface area contributed by atoms with E-state index in [-0.39, 0.29) is 17.2 Å². The van der Waals surface area contributed by atoms with Crippen molar-refractivity contribution in [3.8, 4) is 5.75 Å². The van der Waals surface area contributed by atoms with E-state index in [2.05, 4.69) is 28.8 Å². The van der Waals surface area contributed by atoms with E-state index < -0.39 is 0 Å². The van der Waals surface area contributed by atoms with Gasteiger partial charge >= 0.3 is 0 Å². The number of rotatable bonds is 3. The molecule has 1 saturated heterocycles. The number of benzene rings is 2. The Morgan fingerprint density at radius 3 is 2.56 bits per heavy atom. The molecule has 2 aromatic rings. The Balaban J connectivity index is 1.58. The van der Waals surface area contributed by atoms with Gasteiger partial charge in [-0.3, -0.25) is 4.79 Å². The summed E-state index contributed by atoms with van der Waals surface area (Å²) < 4.78 is 5.18. The van der Waals surface area contributed by atoms with Gasteiger partial charge in [-0.1, -0.05) is 24.3 Å². The van der Waals surface area contributed by atoms with Crippen molar-refractivity contribution in [2.75, 3.05) is 25.5 Å². The minimum atomic E-state index is -0.0728. The predicted octanol–water partition coefficient (Wildman–Crippen LogP) is 3.44. The SMILES string of the molecule is COc1ccc(NC(=O)[C@@H]2CC3(CCNCC3)c3ccccc32)cc1. The van der Waals surface area contributed by atoms with Crippen LogP contribution in [-0.4, -0.2) is 26.1 Å². The highest BCUT2D eigenvalue weighted by Crippen LogP contribution is 2.51. The number of piperidine rings is 1. The van der Waals surface area contributed by atoms with Gasteiger partial charge in [-0.25, -0.2) is 0 Å². The van der Waals surface area contributed by atoms with Crippen molar-refractivity contribution in [2.45, 2.75) is 30.6 Å². The van der Waals surface area contributed by atoms with Gasteiger partial charge < -0.3 is 15.4 Å². The Labute approximate surface area is 148 Å². The molecule has 4 heteroatoms. The van der Waals surface area contributed by atoms with Gasteiger partial charge in [-0.05, 0) is 73.2 Å². The van der Waals surface area contributed by atoms with Gasteiger partial charge in [0.2, 0.25) is 5.91 Å². The molecule has 1 atom stereocenters. The van der Waals surface area contributed by atoms with Crippen molar-refractivity contribution in [2.24, 2.45) is 0 Å². The van der Waals surface area contributed by atoms with Crippen LogP contribution < -0.4 is 15.4 Å². The van der Waals surface area contributed by atoms with E-state index in [0.717, 1.165) is 43.8 Å². The van der Waals surface area contributed by atoms with Crippen molar-refractivity contribution >= 4 is 11.6 Å². The lowest BCUT2D eigenvalue weighted by molar-refractivity contribution is -0.117. The Morgan fingerprint density at radius 2 is 1.84 bits per heavy atom. The fourth-order valence-electron chi connectivity index (χ4n) is 4.41. The number of amides is 1. The average molecular weight is 336 g/mol. The summed E-state index contributed by atoms with van der Waals surface area (Å²) in [4.78, 5) is 13.0. The second kappa shape index (κ2) is 6.52. The molecule has 1 aliphatic heterocycles. The summed E-state index contributed by atoms with van der Waals surface area (Å²) in [6.45, 7) is 2.06. The molecule has 0 bridgehead atoms. The first kappa shape index (κ1) is 16.2. The Morgan fingerprint density at radius 1 is 1.12 bits per heavy atom. The van der Waals surface area contributed by atoms with Crippen molar-refractivity contribution in [3.05, 3.63) is 59.7 Å². The van der Waals surface area contributed by atoms with E-state index in [1.54, 1.807) is 7.11 Å². The summed E-state index contributed by atoms with van der Waals surface area (Å²) in [6, 6.07) is 16.0. The number of hydrogen-bond donors (Lipinski definition) is 2. The number of carbonyl (C=O) groups is 1. The molecular formula is C21H24N2O2. The Bertz CT molecular complexity index is 764. The molecule has 4 rings (SSSR count). The van der Waals surface area contributed by atoms with Crippen LogP contribution in [0.5, 0.6) is 5.75 Å². The second-order valence-corrected chi connectivity index (χ2v) is 7.09. The zero-order valence-corrected chi connectivity index (χ0v) is 14.5. The molecule has 0 unspecified atom stereocenters. The molecule has 0 radical (unpaired) electrons. The van der Waals surface area contributed by atoms with E-state index in [4.69, 9.17) is 4.74 Å². The van der Waals surface area contributed by atoms with E-state index in [9.17, 15) is 4.79 Å². The number of fused-ring (bicyclic) bond motifs is 2. The molecule has 1 spiro atoms. The molecule has 1 aliphatic carbocycles. The average Bonchev–Trinajstić information content (AvgIpc) is 2.97. The monoisotopic (exact) mass is 336 g/mol. The van der Waals surface area contributed by atoms with Gasteiger partial charge in [0, 0.05) is 5.69 Å². The summed E-state index contributed by atoms with van der Waals surface area (Å²) >= 11 is 0. The summed E-state index contributed by atoms with van der Waals surface area (Å²) in [5, 5.41) is 6.54. The largest absolute Gasteiger partial charge is 0.497 e. The van der Waals surface area contributed by atoms with Crippen LogP contribution in [0.3, 0.4) is 0 Å². The Hall–Kier alpha value is -2.33. The van der Waals surface area contributed by atoms with Gasteiger partial charge in [-0.2, -0.15) is 0 Å². The third-order valence-corrected chi connectivity index (χ3v) is 5.74. The zero-order chi connectivity index (χ0) is 17.3. The number of ether oxygens (including phenoxy) is 1. The third-order valence-electron chi connectivity index (χ3n) is 5.74. The molecule has 130 valence electrons. The highest BCUT2D eigenvalue weighted by Gasteiger charge is 2.46. The van der Waals surface area contributed by atoms with Gasteiger partial charge in [-0.15, -0.1) is 0 Å². The molecule has 0 saturated carbocycles. The van der Waals surface area contributed by atoms with E-state index in [0.29, 0.717) is 0 Å². The highest BCUT2D eigenvalue weighted by atomic mass is 16.5. The third kappa shape index (κ3) is 2.91. The van der Waals surface area contributed by atoms with Crippen molar-refractivity contribution < 1.29 is 9.53 Å². The number of anilines is 1. The van der Waals surface area contributed by atoms with Crippen molar-refractivity contribution in [1.82, 2.24) is 5.32 Å². The Kier molecular flexibility index (Phi) is 4.22. The highest BCUT2D eigenvalue weighted by molar-refractivity contribution is 5.97. The lowest BCUT2D eigenvalue weighted by Gasteiger charge is -2.35. The smallest absolute Gasteiger partial charge is 0.231 e. The van der Waals surface area contributed by atoms with Crippen LogP contribution in [0.15, 0.2) is 48.5 Å². The van der Waals surface area contributed by atoms with E-state index in [1.165, 1.54) is 11.1 Å². The number of carbonyl (C=O) groups excluding carboxylic acids is 1. The first-order valence-corrected chi connectivity index (χ1v) is 8.97. The molecule has 25 heavy (non-hydrogen) atoms. The molecule has 1 amide bonds. The lowest BCUT2D eigenvalue weighted by Crippen LogP contribution is -2.38. The summed E-state index contributed by atoms with van der Waals surface area (Å²) in [7, 11) is 1.64. The second-order valence-electron chi connectivity index (χ2n) is 7.09. The predicted molar refractivity (Wildman–Crippen MR) is 99.2 cm³/mol. The van der Waals surface area contributed by atoms with Crippen LogP contribution in [0.2, 0.25) is 0 Å². The van der Waals surface area contributed by atoms with Crippen molar-refractivity contribution in [3.63, 3.8) is 0 Å². The van der Waals surface area contributed by atoms with Crippen LogP contribution in [0.25, 0.3) is 0 Å². The number of nitrogens with one attached hydrogen (secondary N) is 2. The standard InChI is InChI=1S/C21H24N2O2/c1-25-16-8-6-15(7-9-16)23-20(24)18-14-21(10-12-22-13-11-21)19-5-3-2-4-17(18)19/h2-9,18,22H,10-14H2,1H3,(H,23,24)/t18-/m1/s1. The molecule has 2 N–H and O–H groups in total. The van der Waals surface area contributed by atoms with E-state index >= 15 is 0 Å². The normalized spacial score (nSPS) is 20.9. The maximum atomic E-state index is 13.0. The quantitative estimate of drug-likeness (QED) is 0.903. The van der Waals surface area contributed by atoms with Gasteiger partial charge in [0.05, 0.1) is 13.0 Å². The number of methoxy groups -OCH3 is 1. The molecule has 2 aliphatic rings. The minimum Gasteiger partial charge on any atom is -0.497 e. The van der Waals surface area contributed by atoms with Crippen LogP contribution in [-0.2, 0) is 10.2 Å². The maximum Gasteiger partial charge on any atom is 0.231 e. The molecule has 2 aromatic carbocycles. The van der Waals surface area contributed by atoms with Crippen molar-refractivity contribution in [1.29, 1.82) is 0 Å². The van der Waals surface area contributed by atoms with Crippen LogP contribution in [0.4, 0.5) is 5.69 Å². The number of hydrogen-bond acceptors (Lipinski definition) is 3. The fourth-order valence-corrected chi connectivity index (χ4v) is 4.41. The summed E-state index contributed by atoms with van der Waals surface area (Å²) in [6.07, 6.45) is 3.13. The molecule has 0 aromatic heterocycles. The molecule has 1 heterocycles. The minimum absolute atomic E-state index is 0.0728. The van der Waals surface area contributed by atoms with Crippen LogP contribution in [0, 0.1) is 0 Å². The first-order chi connectivity index (χ1) is 12.2. The van der Waals surface area contributed by atoms with Gasteiger partial charge in [0.15, 0.2) is 0 Å². The van der Waals surface area contributed by atoms with E-state index in [1.807, 2.05) is 30.3 Å². The molecular weight excluding hydrogens is 312 g/mol. The summed E-state index contributed by atoms with van der Waals surface area (Å²) in [5.74, 6) is 0.808. The topological polar surface area (TPSA) is 50.4 Å². The van der Waals surface area contributed by atoms with Crippen LogP contribution >= 0.6 is 0 Å². The van der Waals surface area contributed by atoms with Gasteiger partial charge in [0.1, 0.15) is 5.75 Å². The molecule has 4 nitrogen and oxygen atoms in total. The molecule has 1 fully saturated rings. The lowest BCUT2D eigenvalue weighted by atomic mass is 9.74. The summed E-state index contributed by atoms with van der Waals surface area (Å²) in [5.41, 5.74) is 3.56. The van der Waals surface area contributed by atoms with Crippen LogP contribution in [0.1, 0.15) is 36.3 Å².